The Balaban J connectivity index is 2.11. The van der Waals surface area contributed by atoms with E-state index in [0.717, 1.165) is 24.2 Å². The Morgan fingerprint density at radius 1 is 1.07 bits per heavy atom. The van der Waals surface area contributed by atoms with Gasteiger partial charge in [0.25, 0.3) is 11.7 Å². The van der Waals surface area contributed by atoms with Gasteiger partial charge in [-0.25, -0.2) is 4.39 Å². The lowest BCUT2D eigenvalue weighted by atomic mass is 9.92. The van der Waals surface area contributed by atoms with Crippen LogP contribution in [0.5, 0.6) is 0 Å². The zero-order valence-corrected chi connectivity index (χ0v) is 17.6. The summed E-state index contributed by atoms with van der Waals surface area (Å²) in [6.45, 7) is 8.67. The van der Waals surface area contributed by atoms with Crippen molar-refractivity contribution in [1.29, 1.82) is 0 Å². The summed E-state index contributed by atoms with van der Waals surface area (Å²) in [5.41, 5.74) is 2.05. The number of halogens is 1. The molecular weight excluding hydrogens is 383 g/mol. The SMILES string of the molecule is CCN(CC)CCN1C(=O)C(=O)/C(=C(\O)c2ccc(F)cc2)C1c1ccccc1C. The largest absolute Gasteiger partial charge is 0.507 e. The van der Waals surface area contributed by atoms with Gasteiger partial charge in [0.05, 0.1) is 11.6 Å². The van der Waals surface area contributed by atoms with E-state index in [1.807, 2.05) is 45.0 Å². The predicted molar refractivity (Wildman–Crippen MR) is 114 cm³/mol. The van der Waals surface area contributed by atoms with Gasteiger partial charge in [-0.2, -0.15) is 0 Å². The molecule has 30 heavy (non-hydrogen) atoms. The maximum absolute atomic E-state index is 13.3. The molecule has 0 saturated carbocycles. The quantitative estimate of drug-likeness (QED) is 0.427. The third-order valence-corrected chi connectivity index (χ3v) is 5.69. The highest BCUT2D eigenvalue weighted by Gasteiger charge is 2.46. The van der Waals surface area contributed by atoms with Gasteiger partial charge in [0.15, 0.2) is 0 Å². The third-order valence-electron chi connectivity index (χ3n) is 5.69. The highest BCUT2D eigenvalue weighted by Crippen LogP contribution is 2.40. The van der Waals surface area contributed by atoms with Crippen molar-refractivity contribution in [3.8, 4) is 0 Å². The second-order valence-corrected chi connectivity index (χ2v) is 7.38. The maximum Gasteiger partial charge on any atom is 0.295 e. The van der Waals surface area contributed by atoms with Crippen molar-refractivity contribution in [2.75, 3.05) is 26.2 Å². The minimum atomic E-state index is -0.718. The van der Waals surface area contributed by atoms with Crippen LogP contribution in [0.3, 0.4) is 0 Å². The Hall–Kier alpha value is -2.99. The molecule has 6 heteroatoms. The summed E-state index contributed by atoms with van der Waals surface area (Å²) in [6.07, 6.45) is 0. The molecule has 1 atom stereocenters. The molecule has 158 valence electrons. The van der Waals surface area contributed by atoms with E-state index in [0.29, 0.717) is 18.7 Å². The molecule has 0 aliphatic carbocycles. The van der Waals surface area contributed by atoms with E-state index >= 15 is 0 Å². The molecule has 1 aliphatic heterocycles. The number of nitrogens with zero attached hydrogens (tertiary/aromatic N) is 2. The molecule has 1 aliphatic rings. The Morgan fingerprint density at radius 2 is 1.70 bits per heavy atom. The highest BCUT2D eigenvalue weighted by molar-refractivity contribution is 6.46. The second kappa shape index (κ2) is 9.22. The molecule has 1 N–H and O–H groups in total. The first kappa shape index (κ1) is 21.7. The number of carbonyl (C=O) groups excluding carboxylic acids is 2. The van der Waals surface area contributed by atoms with Gasteiger partial charge in [-0.1, -0.05) is 38.1 Å². The fraction of sp³-hybridized carbons (Fsp3) is 0.333. The summed E-state index contributed by atoms with van der Waals surface area (Å²) in [7, 11) is 0. The third kappa shape index (κ3) is 4.14. The molecule has 2 aromatic rings. The van der Waals surface area contributed by atoms with E-state index in [1.54, 1.807) is 0 Å². The zero-order chi connectivity index (χ0) is 21.8. The first-order valence-corrected chi connectivity index (χ1v) is 10.2. The van der Waals surface area contributed by atoms with E-state index in [4.69, 9.17) is 0 Å². The van der Waals surface area contributed by atoms with Crippen LogP contribution in [0.1, 0.15) is 36.6 Å². The number of hydrogen-bond acceptors (Lipinski definition) is 4. The molecule has 0 aromatic heterocycles. The molecule has 5 nitrogen and oxygen atoms in total. The summed E-state index contributed by atoms with van der Waals surface area (Å²) in [5.74, 6) is -2.07. The minimum Gasteiger partial charge on any atom is -0.507 e. The Morgan fingerprint density at radius 3 is 2.30 bits per heavy atom. The lowest BCUT2D eigenvalue weighted by Gasteiger charge is -2.29. The number of hydrogen-bond donors (Lipinski definition) is 1. The van der Waals surface area contributed by atoms with Crippen LogP contribution in [0, 0.1) is 12.7 Å². The number of likely N-dealkylation sites (tertiary alicyclic amines) is 1. The molecule has 0 radical (unpaired) electrons. The van der Waals surface area contributed by atoms with Crippen LogP contribution in [-0.2, 0) is 9.59 Å². The van der Waals surface area contributed by atoms with Crippen molar-refractivity contribution in [3.63, 3.8) is 0 Å². The van der Waals surface area contributed by atoms with E-state index in [-0.39, 0.29) is 11.3 Å². The van der Waals surface area contributed by atoms with Crippen molar-refractivity contribution in [3.05, 3.63) is 76.6 Å². The zero-order valence-electron chi connectivity index (χ0n) is 17.6. The first-order chi connectivity index (χ1) is 14.4. The predicted octanol–water partition coefficient (Wildman–Crippen LogP) is 3.90. The number of carbonyl (C=O) groups is 2. The fourth-order valence-electron chi connectivity index (χ4n) is 3.88. The Labute approximate surface area is 176 Å². The molecule has 1 fully saturated rings. The average Bonchev–Trinajstić information content (AvgIpc) is 2.99. The fourth-order valence-corrected chi connectivity index (χ4v) is 3.88. The van der Waals surface area contributed by atoms with Gasteiger partial charge in [-0.3, -0.25) is 9.59 Å². The summed E-state index contributed by atoms with van der Waals surface area (Å²) >= 11 is 0. The van der Waals surface area contributed by atoms with Crippen LogP contribution in [0.15, 0.2) is 54.1 Å². The molecule has 2 aromatic carbocycles. The molecule has 1 unspecified atom stereocenters. The van der Waals surface area contributed by atoms with E-state index < -0.39 is 23.5 Å². The lowest BCUT2D eigenvalue weighted by Crippen LogP contribution is -2.38. The first-order valence-electron chi connectivity index (χ1n) is 10.2. The maximum atomic E-state index is 13.3. The lowest BCUT2D eigenvalue weighted by molar-refractivity contribution is -0.140. The van der Waals surface area contributed by atoms with Crippen molar-refractivity contribution in [1.82, 2.24) is 9.80 Å². The van der Waals surface area contributed by atoms with Crippen LogP contribution in [0.2, 0.25) is 0 Å². The number of ketones is 1. The van der Waals surface area contributed by atoms with E-state index in [9.17, 15) is 19.1 Å². The van der Waals surface area contributed by atoms with Crippen LogP contribution in [-0.4, -0.2) is 52.8 Å². The summed E-state index contributed by atoms with van der Waals surface area (Å²) < 4.78 is 13.3. The summed E-state index contributed by atoms with van der Waals surface area (Å²) in [6, 6.07) is 12.1. The van der Waals surface area contributed by atoms with Gasteiger partial charge < -0.3 is 14.9 Å². The number of aliphatic hydroxyl groups is 1. The van der Waals surface area contributed by atoms with Crippen LogP contribution in [0.4, 0.5) is 4.39 Å². The number of aryl methyl sites for hydroxylation is 1. The van der Waals surface area contributed by atoms with E-state index in [2.05, 4.69) is 4.90 Å². The van der Waals surface area contributed by atoms with E-state index in [1.165, 1.54) is 29.2 Å². The van der Waals surface area contributed by atoms with Crippen molar-refractivity contribution < 1.29 is 19.1 Å². The molecular formula is C24H27FN2O3. The molecule has 1 heterocycles. The number of benzene rings is 2. The van der Waals surface area contributed by atoms with Crippen molar-refractivity contribution in [2.45, 2.75) is 26.8 Å². The van der Waals surface area contributed by atoms with Gasteiger partial charge in [0, 0.05) is 18.7 Å². The number of amides is 1. The minimum absolute atomic E-state index is 0.0421. The summed E-state index contributed by atoms with van der Waals surface area (Å²) in [4.78, 5) is 29.6. The average molecular weight is 410 g/mol. The molecule has 0 spiro atoms. The van der Waals surface area contributed by atoms with Crippen LogP contribution < -0.4 is 0 Å². The molecule has 1 saturated heterocycles. The van der Waals surface area contributed by atoms with Gasteiger partial charge in [-0.05, 0) is 55.4 Å². The van der Waals surface area contributed by atoms with Gasteiger partial charge >= 0.3 is 0 Å². The van der Waals surface area contributed by atoms with Crippen molar-refractivity contribution in [2.24, 2.45) is 0 Å². The van der Waals surface area contributed by atoms with Gasteiger partial charge in [0.1, 0.15) is 11.6 Å². The number of Topliss-reactive ketones (excluding diaryl/α,β-unsaturated/α-hetero) is 1. The Bertz CT molecular complexity index is 965. The number of aliphatic hydroxyl groups excluding tert-OH is 1. The number of rotatable bonds is 7. The smallest absolute Gasteiger partial charge is 0.295 e. The molecule has 0 bridgehead atoms. The normalized spacial score (nSPS) is 18.4. The van der Waals surface area contributed by atoms with Crippen LogP contribution in [0.25, 0.3) is 5.76 Å². The Kier molecular flexibility index (Phi) is 6.67. The van der Waals surface area contributed by atoms with Gasteiger partial charge in [0.2, 0.25) is 0 Å². The molecule has 3 rings (SSSR count). The van der Waals surface area contributed by atoms with Crippen LogP contribution >= 0.6 is 0 Å². The number of likely N-dealkylation sites (N-methyl/N-ethyl adjacent to an activating group) is 1. The highest BCUT2D eigenvalue weighted by atomic mass is 19.1. The standard InChI is InChI=1S/C24H27FN2O3/c1-4-26(5-2)14-15-27-21(19-9-7-6-8-16(19)3)20(23(29)24(27)30)22(28)17-10-12-18(25)13-11-17/h6-13,21,28H,4-5,14-15H2,1-3H3/b22-20-. The summed E-state index contributed by atoms with van der Waals surface area (Å²) in [5, 5.41) is 11.0. The second-order valence-electron chi connectivity index (χ2n) is 7.38. The van der Waals surface area contributed by atoms with Gasteiger partial charge in [-0.15, -0.1) is 0 Å². The van der Waals surface area contributed by atoms with Crippen molar-refractivity contribution >= 4 is 17.4 Å². The topological polar surface area (TPSA) is 60.9 Å². The monoisotopic (exact) mass is 410 g/mol. The molecule has 1 amide bonds.